The zero-order valence-corrected chi connectivity index (χ0v) is 11.2. The van der Waals surface area contributed by atoms with Crippen molar-refractivity contribution in [1.82, 2.24) is 4.90 Å². The summed E-state index contributed by atoms with van der Waals surface area (Å²) in [5, 5.41) is 10.3. The predicted octanol–water partition coefficient (Wildman–Crippen LogP) is 1.42. The largest absolute Gasteiger partial charge is 0.388 e. The maximum absolute atomic E-state index is 12.0. The van der Waals surface area contributed by atoms with Gasteiger partial charge in [-0.3, -0.25) is 4.79 Å². The van der Waals surface area contributed by atoms with Gasteiger partial charge in [-0.15, -0.1) is 0 Å². The highest BCUT2D eigenvalue weighted by atomic mass is 16.5. The summed E-state index contributed by atoms with van der Waals surface area (Å²) in [4.78, 5) is 13.7. The van der Waals surface area contributed by atoms with Crippen LogP contribution in [0.25, 0.3) is 0 Å². The fourth-order valence-corrected chi connectivity index (χ4v) is 2.36. The van der Waals surface area contributed by atoms with Crippen molar-refractivity contribution in [3.05, 3.63) is 0 Å². The standard InChI is InChI=1S/C13H25NO3/c1-4-5-11(2)12(15)14(3)10-13(16)6-8-17-9-7-13/h11,16H,4-10H2,1-3H3. The molecule has 0 aromatic heterocycles. The molecule has 4 nitrogen and oxygen atoms in total. The first-order valence-electron chi connectivity index (χ1n) is 6.53. The molecule has 17 heavy (non-hydrogen) atoms. The second-order valence-electron chi connectivity index (χ2n) is 5.22. The van der Waals surface area contributed by atoms with Crippen LogP contribution in [-0.2, 0) is 9.53 Å². The monoisotopic (exact) mass is 243 g/mol. The highest BCUT2D eigenvalue weighted by molar-refractivity contribution is 5.78. The molecule has 0 aromatic rings. The lowest BCUT2D eigenvalue weighted by atomic mass is 9.93. The SMILES string of the molecule is CCCC(C)C(=O)N(C)CC1(O)CCOCC1. The molecule has 0 spiro atoms. The van der Waals surface area contributed by atoms with Gasteiger partial charge in [-0.1, -0.05) is 20.3 Å². The summed E-state index contributed by atoms with van der Waals surface area (Å²) in [6.07, 6.45) is 3.16. The van der Waals surface area contributed by atoms with Crippen LogP contribution in [0.2, 0.25) is 0 Å². The van der Waals surface area contributed by atoms with Gasteiger partial charge in [0.15, 0.2) is 0 Å². The predicted molar refractivity (Wildman–Crippen MR) is 66.7 cm³/mol. The molecular weight excluding hydrogens is 218 g/mol. The van der Waals surface area contributed by atoms with Crippen LogP contribution in [0, 0.1) is 5.92 Å². The number of carbonyl (C=O) groups is 1. The molecular formula is C13H25NO3. The van der Waals surface area contributed by atoms with Crippen LogP contribution in [0.1, 0.15) is 39.5 Å². The van der Waals surface area contributed by atoms with Crippen molar-refractivity contribution in [1.29, 1.82) is 0 Å². The van der Waals surface area contributed by atoms with E-state index in [-0.39, 0.29) is 11.8 Å². The van der Waals surface area contributed by atoms with Gasteiger partial charge in [0.05, 0.1) is 5.60 Å². The average Bonchev–Trinajstić information content (AvgIpc) is 2.28. The molecule has 1 rings (SSSR count). The second kappa shape index (κ2) is 6.36. The number of nitrogens with zero attached hydrogens (tertiary/aromatic N) is 1. The Bertz CT molecular complexity index is 249. The Kier molecular flexibility index (Phi) is 5.40. The minimum Gasteiger partial charge on any atom is -0.388 e. The van der Waals surface area contributed by atoms with Gasteiger partial charge in [-0.25, -0.2) is 0 Å². The van der Waals surface area contributed by atoms with Crippen LogP contribution in [0.15, 0.2) is 0 Å². The Morgan fingerprint density at radius 3 is 2.59 bits per heavy atom. The number of likely N-dealkylation sites (N-methyl/N-ethyl adjacent to an activating group) is 1. The quantitative estimate of drug-likeness (QED) is 0.794. The molecule has 1 N–H and O–H groups in total. The van der Waals surface area contributed by atoms with Crippen LogP contribution in [0.3, 0.4) is 0 Å². The van der Waals surface area contributed by atoms with Crippen molar-refractivity contribution in [2.45, 2.75) is 45.1 Å². The maximum atomic E-state index is 12.0. The first-order chi connectivity index (χ1) is 7.98. The van der Waals surface area contributed by atoms with Gasteiger partial charge in [0.2, 0.25) is 5.91 Å². The van der Waals surface area contributed by atoms with E-state index in [1.807, 2.05) is 6.92 Å². The number of rotatable bonds is 5. The zero-order chi connectivity index (χ0) is 12.9. The molecule has 0 aromatic carbocycles. The summed E-state index contributed by atoms with van der Waals surface area (Å²) in [6, 6.07) is 0. The fourth-order valence-electron chi connectivity index (χ4n) is 2.36. The molecule has 1 heterocycles. The normalized spacial score (nSPS) is 20.9. The molecule has 4 heteroatoms. The number of carbonyl (C=O) groups excluding carboxylic acids is 1. The van der Waals surface area contributed by atoms with Crippen LogP contribution in [-0.4, -0.2) is 48.3 Å². The fraction of sp³-hybridized carbons (Fsp3) is 0.923. The topological polar surface area (TPSA) is 49.8 Å². The summed E-state index contributed by atoms with van der Waals surface area (Å²) >= 11 is 0. The van der Waals surface area contributed by atoms with Crippen LogP contribution >= 0.6 is 0 Å². The molecule has 1 unspecified atom stereocenters. The van der Waals surface area contributed by atoms with Gasteiger partial charge < -0.3 is 14.7 Å². The molecule has 0 bridgehead atoms. The van der Waals surface area contributed by atoms with Crippen molar-refractivity contribution in [2.75, 3.05) is 26.8 Å². The lowest BCUT2D eigenvalue weighted by molar-refractivity contribution is -0.140. The number of ether oxygens (including phenoxy) is 1. The molecule has 1 aliphatic rings. The van der Waals surface area contributed by atoms with Gasteiger partial charge in [0.25, 0.3) is 0 Å². The molecule has 0 aliphatic carbocycles. The van der Waals surface area contributed by atoms with Crippen LogP contribution < -0.4 is 0 Å². The Morgan fingerprint density at radius 2 is 2.06 bits per heavy atom. The van der Waals surface area contributed by atoms with Crippen LogP contribution in [0.4, 0.5) is 0 Å². The molecule has 0 saturated carbocycles. The molecule has 1 aliphatic heterocycles. The number of amides is 1. The highest BCUT2D eigenvalue weighted by Gasteiger charge is 2.33. The van der Waals surface area contributed by atoms with Gasteiger partial charge >= 0.3 is 0 Å². The Morgan fingerprint density at radius 1 is 1.47 bits per heavy atom. The van der Waals surface area contributed by atoms with Crippen LogP contribution in [0.5, 0.6) is 0 Å². The highest BCUT2D eigenvalue weighted by Crippen LogP contribution is 2.22. The zero-order valence-electron chi connectivity index (χ0n) is 11.2. The lowest BCUT2D eigenvalue weighted by Crippen LogP contribution is -2.48. The smallest absolute Gasteiger partial charge is 0.225 e. The van der Waals surface area contributed by atoms with Crippen molar-refractivity contribution >= 4 is 5.91 Å². The van der Waals surface area contributed by atoms with E-state index in [9.17, 15) is 9.90 Å². The first kappa shape index (κ1) is 14.5. The molecule has 0 radical (unpaired) electrons. The van der Waals surface area contributed by atoms with Crippen molar-refractivity contribution in [3.63, 3.8) is 0 Å². The van der Waals surface area contributed by atoms with E-state index in [1.165, 1.54) is 0 Å². The van der Waals surface area contributed by atoms with Crippen molar-refractivity contribution in [2.24, 2.45) is 5.92 Å². The van der Waals surface area contributed by atoms with Gasteiger partial charge in [-0.05, 0) is 6.42 Å². The Labute approximate surface area is 104 Å². The maximum Gasteiger partial charge on any atom is 0.225 e. The summed E-state index contributed by atoms with van der Waals surface area (Å²) < 4.78 is 5.23. The molecule has 1 saturated heterocycles. The van der Waals surface area contributed by atoms with E-state index in [1.54, 1.807) is 11.9 Å². The number of hydrogen-bond donors (Lipinski definition) is 1. The Hall–Kier alpha value is -0.610. The van der Waals surface area contributed by atoms with E-state index in [0.717, 1.165) is 12.8 Å². The van der Waals surface area contributed by atoms with Gasteiger partial charge in [0, 0.05) is 45.6 Å². The lowest BCUT2D eigenvalue weighted by Gasteiger charge is -2.36. The number of hydrogen-bond acceptors (Lipinski definition) is 3. The van der Waals surface area contributed by atoms with E-state index in [0.29, 0.717) is 32.6 Å². The van der Waals surface area contributed by atoms with E-state index < -0.39 is 5.60 Å². The average molecular weight is 243 g/mol. The molecule has 100 valence electrons. The van der Waals surface area contributed by atoms with Gasteiger partial charge in [-0.2, -0.15) is 0 Å². The minimum absolute atomic E-state index is 0.0495. The van der Waals surface area contributed by atoms with E-state index in [4.69, 9.17) is 4.74 Å². The Balaban J connectivity index is 2.46. The molecule has 1 amide bonds. The second-order valence-corrected chi connectivity index (χ2v) is 5.22. The first-order valence-corrected chi connectivity index (χ1v) is 6.53. The third-order valence-corrected chi connectivity index (χ3v) is 3.47. The summed E-state index contributed by atoms with van der Waals surface area (Å²) in [7, 11) is 1.78. The van der Waals surface area contributed by atoms with E-state index >= 15 is 0 Å². The molecule has 1 atom stereocenters. The van der Waals surface area contributed by atoms with E-state index in [2.05, 4.69) is 6.92 Å². The van der Waals surface area contributed by atoms with Gasteiger partial charge in [0.1, 0.15) is 0 Å². The summed E-state index contributed by atoms with van der Waals surface area (Å²) in [5.41, 5.74) is -0.755. The van der Waals surface area contributed by atoms with Crippen molar-refractivity contribution < 1.29 is 14.6 Å². The summed E-state index contributed by atoms with van der Waals surface area (Å²) in [5.74, 6) is 0.181. The molecule has 1 fully saturated rings. The van der Waals surface area contributed by atoms with Crippen molar-refractivity contribution in [3.8, 4) is 0 Å². The third-order valence-electron chi connectivity index (χ3n) is 3.47. The third kappa shape index (κ3) is 4.28. The number of aliphatic hydroxyl groups is 1. The minimum atomic E-state index is -0.755. The summed E-state index contributed by atoms with van der Waals surface area (Å²) in [6.45, 7) is 5.63.